The third kappa shape index (κ3) is 6.25. The molecule has 8 nitrogen and oxygen atoms in total. The minimum atomic E-state index is -3.40. The minimum absolute atomic E-state index is 0.0308. The van der Waals surface area contributed by atoms with Gasteiger partial charge in [0.25, 0.3) is 0 Å². The Kier molecular flexibility index (Phi) is 7.36. The number of sulfone groups is 1. The molecule has 1 N–H and O–H groups in total. The summed E-state index contributed by atoms with van der Waals surface area (Å²) in [7, 11) is -3.40. The highest BCUT2D eigenvalue weighted by molar-refractivity contribution is 7.90. The Morgan fingerprint density at radius 1 is 1.00 bits per heavy atom. The van der Waals surface area contributed by atoms with Gasteiger partial charge in [-0.2, -0.15) is 0 Å². The first-order chi connectivity index (χ1) is 18.5. The van der Waals surface area contributed by atoms with Crippen molar-refractivity contribution >= 4 is 38.2 Å². The lowest BCUT2D eigenvalue weighted by atomic mass is 9.92. The van der Waals surface area contributed by atoms with Gasteiger partial charge in [-0.05, 0) is 73.2 Å². The number of hydrogen-bond acceptors (Lipinski definition) is 7. The first-order valence-corrected chi connectivity index (χ1v) is 15.0. The second kappa shape index (κ2) is 10.7. The van der Waals surface area contributed by atoms with Crippen LogP contribution < -0.4 is 10.2 Å². The third-order valence-electron chi connectivity index (χ3n) is 7.03. The molecular weight excluding hydrogens is 510 g/mol. The molecule has 1 aliphatic heterocycles. The quantitative estimate of drug-likeness (QED) is 0.362. The van der Waals surface area contributed by atoms with Gasteiger partial charge in [-0.1, -0.05) is 26.0 Å². The van der Waals surface area contributed by atoms with E-state index in [4.69, 9.17) is 9.97 Å². The van der Waals surface area contributed by atoms with E-state index in [0.717, 1.165) is 47.5 Å². The Labute approximate surface area is 229 Å². The molecule has 1 fully saturated rings. The average molecular weight is 544 g/mol. The van der Waals surface area contributed by atoms with Gasteiger partial charge in [-0.25, -0.2) is 18.4 Å². The maximum Gasteiger partial charge on any atom is 0.230 e. The number of piperidine rings is 1. The summed E-state index contributed by atoms with van der Waals surface area (Å²) in [6, 6.07) is 16.6. The van der Waals surface area contributed by atoms with E-state index in [0.29, 0.717) is 28.8 Å². The minimum Gasteiger partial charge on any atom is -0.356 e. The molecule has 0 radical (unpaired) electrons. The number of pyridine rings is 3. The molecule has 4 heterocycles. The standard InChI is InChI=1S/C30H33N5O3S/c1-19-12-20(2)18-35(17-19)29-7-5-6-25(34-29)26-11-9-22-16-31-24(13-27(22)33-26)15-30(36)32-23-10-8-21(3)28(14-23)39(4,37)38/h5-11,13-14,16,19-20H,12,15,17-18H2,1-4H3,(H,32,36)/t19-,20+. The summed E-state index contributed by atoms with van der Waals surface area (Å²) < 4.78 is 24.1. The zero-order chi connectivity index (χ0) is 27.7. The molecule has 0 unspecified atom stereocenters. The number of aryl methyl sites for hydroxylation is 1. The highest BCUT2D eigenvalue weighted by Gasteiger charge is 2.23. The molecule has 1 saturated heterocycles. The number of anilines is 2. The predicted octanol–water partition coefficient (Wildman–Crippen LogP) is 5.07. The zero-order valence-electron chi connectivity index (χ0n) is 22.7. The van der Waals surface area contributed by atoms with Gasteiger partial charge in [0.05, 0.1) is 33.9 Å². The van der Waals surface area contributed by atoms with Crippen molar-refractivity contribution in [3.63, 3.8) is 0 Å². The Bertz CT molecular complexity index is 1640. The smallest absolute Gasteiger partial charge is 0.230 e. The van der Waals surface area contributed by atoms with Gasteiger partial charge in [-0.15, -0.1) is 0 Å². The summed E-state index contributed by atoms with van der Waals surface area (Å²) >= 11 is 0. The maximum absolute atomic E-state index is 12.8. The van der Waals surface area contributed by atoms with E-state index in [1.54, 1.807) is 25.3 Å². The summed E-state index contributed by atoms with van der Waals surface area (Å²) in [6.07, 6.45) is 4.14. The summed E-state index contributed by atoms with van der Waals surface area (Å²) in [5.74, 6) is 1.94. The van der Waals surface area contributed by atoms with Crippen molar-refractivity contribution in [2.24, 2.45) is 11.8 Å². The molecule has 1 amide bonds. The number of amides is 1. The predicted molar refractivity (Wildman–Crippen MR) is 155 cm³/mol. The number of rotatable bonds is 6. The maximum atomic E-state index is 12.8. The summed E-state index contributed by atoms with van der Waals surface area (Å²) in [5, 5.41) is 3.65. The number of fused-ring (bicyclic) bond motifs is 1. The molecule has 0 aliphatic carbocycles. The fraction of sp³-hybridized carbons (Fsp3) is 0.333. The molecule has 3 aromatic heterocycles. The average Bonchev–Trinajstić information content (AvgIpc) is 2.88. The van der Waals surface area contributed by atoms with Crippen LogP contribution in [0.25, 0.3) is 22.3 Å². The summed E-state index contributed by atoms with van der Waals surface area (Å²) in [4.78, 5) is 29.5. The largest absolute Gasteiger partial charge is 0.356 e. The SMILES string of the molecule is Cc1ccc(NC(=O)Cc2cc3nc(-c4cccc(N5C[C@H](C)C[C@H](C)C5)n4)ccc3cn2)cc1S(C)(=O)=O. The van der Waals surface area contributed by atoms with Crippen LogP contribution in [0.15, 0.2) is 65.7 Å². The van der Waals surface area contributed by atoms with E-state index in [9.17, 15) is 13.2 Å². The summed E-state index contributed by atoms with van der Waals surface area (Å²) in [5.41, 5.74) is 3.92. The molecule has 1 aliphatic rings. The number of benzene rings is 1. The zero-order valence-corrected chi connectivity index (χ0v) is 23.5. The van der Waals surface area contributed by atoms with Gasteiger partial charge >= 0.3 is 0 Å². The van der Waals surface area contributed by atoms with Crippen molar-refractivity contribution in [3.8, 4) is 11.4 Å². The van der Waals surface area contributed by atoms with Crippen molar-refractivity contribution in [1.82, 2.24) is 15.0 Å². The molecule has 5 rings (SSSR count). The molecule has 202 valence electrons. The van der Waals surface area contributed by atoms with Crippen LogP contribution >= 0.6 is 0 Å². The van der Waals surface area contributed by atoms with E-state index in [1.807, 2.05) is 30.3 Å². The van der Waals surface area contributed by atoms with Crippen LogP contribution in [0, 0.1) is 18.8 Å². The van der Waals surface area contributed by atoms with Crippen LogP contribution in [0.3, 0.4) is 0 Å². The number of carbonyl (C=O) groups is 1. The van der Waals surface area contributed by atoms with Crippen molar-refractivity contribution in [1.29, 1.82) is 0 Å². The molecule has 39 heavy (non-hydrogen) atoms. The van der Waals surface area contributed by atoms with Crippen molar-refractivity contribution in [2.75, 3.05) is 29.6 Å². The summed E-state index contributed by atoms with van der Waals surface area (Å²) in [6.45, 7) is 8.30. The molecule has 2 atom stereocenters. The van der Waals surface area contributed by atoms with Crippen molar-refractivity contribution < 1.29 is 13.2 Å². The lowest BCUT2D eigenvalue weighted by Crippen LogP contribution is -2.39. The monoisotopic (exact) mass is 543 g/mol. The van der Waals surface area contributed by atoms with Gasteiger partial charge in [-0.3, -0.25) is 9.78 Å². The lowest BCUT2D eigenvalue weighted by molar-refractivity contribution is -0.115. The van der Waals surface area contributed by atoms with E-state index >= 15 is 0 Å². The number of carbonyl (C=O) groups excluding carboxylic acids is 1. The number of nitrogens with one attached hydrogen (secondary N) is 1. The molecule has 4 aromatic rings. The Balaban J connectivity index is 1.35. The van der Waals surface area contributed by atoms with Gasteiger partial charge in [0.15, 0.2) is 9.84 Å². The first-order valence-electron chi connectivity index (χ1n) is 13.1. The number of aromatic nitrogens is 3. The molecule has 0 saturated carbocycles. The highest BCUT2D eigenvalue weighted by Crippen LogP contribution is 2.27. The van der Waals surface area contributed by atoms with Crippen LogP contribution in [-0.4, -0.2) is 48.6 Å². The van der Waals surface area contributed by atoms with E-state index in [2.05, 4.69) is 35.1 Å². The topological polar surface area (TPSA) is 105 Å². The molecule has 9 heteroatoms. The third-order valence-corrected chi connectivity index (χ3v) is 8.27. The molecule has 1 aromatic carbocycles. The second-order valence-electron chi connectivity index (χ2n) is 10.8. The van der Waals surface area contributed by atoms with Crippen molar-refractivity contribution in [3.05, 3.63) is 72.1 Å². The van der Waals surface area contributed by atoms with E-state index in [1.165, 1.54) is 12.5 Å². The highest BCUT2D eigenvalue weighted by atomic mass is 32.2. The van der Waals surface area contributed by atoms with E-state index < -0.39 is 9.84 Å². The Morgan fingerprint density at radius 2 is 1.74 bits per heavy atom. The second-order valence-corrected chi connectivity index (χ2v) is 12.8. The van der Waals surface area contributed by atoms with Crippen LogP contribution in [0.1, 0.15) is 31.5 Å². The van der Waals surface area contributed by atoms with Gasteiger partial charge in [0, 0.05) is 36.6 Å². The van der Waals surface area contributed by atoms with E-state index in [-0.39, 0.29) is 17.2 Å². The number of nitrogens with zero attached hydrogens (tertiary/aromatic N) is 4. The molecular formula is C30H33N5O3S. The van der Waals surface area contributed by atoms with Gasteiger partial charge < -0.3 is 10.2 Å². The fourth-order valence-electron chi connectivity index (χ4n) is 5.34. The van der Waals surface area contributed by atoms with Crippen LogP contribution in [-0.2, 0) is 21.1 Å². The Hall–Kier alpha value is -3.85. The van der Waals surface area contributed by atoms with Gasteiger partial charge in [0.2, 0.25) is 5.91 Å². The molecule has 0 spiro atoms. The van der Waals surface area contributed by atoms with Crippen LogP contribution in [0.5, 0.6) is 0 Å². The molecule has 0 bridgehead atoms. The fourth-order valence-corrected chi connectivity index (χ4v) is 6.33. The number of hydrogen-bond donors (Lipinski definition) is 1. The van der Waals surface area contributed by atoms with Gasteiger partial charge in [0.1, 0.15) is 5.82 Å². The van der Waals surface area contributed by atoms with Crippen LogP contribution in [0.2, 0.25) is 0 Å². The lowest BCUT2D eigenvalue weighted by Gasteiger charge is -2.35. The van der Waals surface area contributed by atoms with Crippen LogP contribution in [0.4, 0.5) is 11.5 Å². The Morgan fingerprint density at radius 3 is 2.49 bits per heavy atom. The normalized spacial score (nSPS) is 17.8. The van der Waals surface area contributed by atoms with Crippen molar-refractivity contribution in [2.45, 2.75) is 38.5 Å². The first kappa shape index (κ1) is 26.7.